The molecule has 1 aromatic carbocycles. The third-order valence-electron chi connectivity index (χ3n) is 4.34. The summed E-state index contributed by atoms with van der Waals surface area (Å²) in [6.07, 6.45) is 0.615. The van der Waals surface area contributed by atoms with E-state index >= 15 is 0 Å². The Hall–Kier alpha value is -2.63. The van der Waals surface area contributed by atoms with Crippen LogP contribution in [0.4, 0.5) is 5.69 Å². The summed E-state index contributed by atoms with van der Waals surface area (Å²) in [6, 6.07) is 4.80. The number of carbonyl (C=O) groups excluding carboxylic acids is 1. The molecule has 0 radical (unpaired) electrons. The summed E-state index contributed by atoms with van der Waals surface area (Å²) in [5.74, 6) is -1.28. The van der Waals surface area contributed by atoms with Crippen LogP contribution >= 0.6 is 0 Å². The van der Waals surface area contributed by atoms with Gasteiger partial charge in [0.25, 0.3) is 0 Å². The minimum Gasteiger partial charge on any atom is -0.478 e. The Morgan fingerprint density at radius 1 is 1.29 bits per heavy atom. The van der Waals surface area contributed by atoms with Crippen LogP contribution < -0.4 is 5.32 Å². The molecule has 1 aromatic heterocycles. The lowest BCUT2D eigenvalue weighted by Gasteiger charge is -2.13. The van der Waals surface area contributed by atoms with E-state index in [-0.39, 0.29) is 17.4 Å². The zero-order chi connectivity index (χ0) is 18.0. The normalized spacial score (nSPS) is 12.0. The Kier molecular flexibility index (Phi) is 5.07. The summed E-state index contributed by atoms with van der Waals surface area (Å²) in [5.41, 5.74) is 4.56. The van der Waals surface area contributed by atoms with Crippen molar-refractivity contribution >= 4 is 17.6 Å². The third-order valence-corrected chi connectivity index (χ3v) is 4.34. The number of aromatic carboxylic acids is 1. The molecule has 0 aliphatic rings. The Balaban J connectivity index is 2.09. The minimum absolute atomic E-state index is 0.0971. The summed E-state index contributed by atoms with van der Waals surface area (Å²) in [4.78, 5) is 23.5. The molecule has 0 aliphatic carbocycles. The van der Waals surface area contributed by atoms with Gasteiger partial charge in [-0.25, -0.2) is 4.79 Å². The number of aromatic nitrogens is 2. The second-order valence-electron chi connectivity index (χ2n) is 6.20. The van der Waals surface area contributed by atoms with Gasteiger partial charge in [0.15, 0.2) is 0 Å². The standard InChI is InChI=1S/C18H23N3O3/c1-10-8-14(6-7-15(10)18(23)24)19-17(22)11(2)9-16-12(3)20-21(5)13(16)4/h6-8,11H,9H2,1-5H3,(H,19,22)(H,23,24)/t11-/m0/s1. The molecule has 128 valence electrons. The van der Waals surface area contributed by atoms with Crippen LogP contribution in [0.25, 0.3) is 0 Å². The number of carboxylic acids is 1. The fraction of sp³-hybridized carbons (Fsp3) is 0.389. The number of nitrogens with zero attached hydrogens (tertiary/aromatic N) is 2. The van der Waals surface area contributed by atoms with Crippen molar-refractivity contribution in [3.8, 4) is 0 Å². The van der Waals surface area contributed by atoms with Gasteiger partial charge >= 0.3 is 5.97 Å². The first-order valence-electron chi connectivity index (χ1n) is 7.84. The van der Waals surface area contributed by atoms with Gasteiger partial charge in [-0.15, -0.1) is 0 Å². The largest absolute Gasteiger partial charge is 0.478 e. The van der Waals surface area contributed by atoms with Gasteiger partial charge in [0.05, 0.1) is 11.3 Å². The highest BCUT2D eigenvalue weighted by Gasteiger charge is 2.19. The Labute approximate surface area is 141 Å². The van der Waals surface area contributed by atoms with Crippen LogP contribution in [0.1, 0.15) is 39.8 Å². The quantitative estimate of drug-likeness (QED) is 0.883. The van der Waals surface area contributed by atoms with Crippen molar-refractivity contribution in [3.63, 3.8) is 0 Å². The molecule has 0 unspecified atom stereocenters. The molecular weight excluding hydrogens is 306 g/mol. The average molecular weight is 329 g/mol. The van der Waals surface area contributed by atoms with Crippen LogP contribution in [0.15, 0.2) is 18.2 Å². The summed E-state index contributed by atoms with van der Waals surface area (Å²) in [6.45, 7) is 7.53. The molecule has 2 aromatic rings. The average Bonchev–Trinajstić information content (AvgIpc) is 2.73. The molecule has 1 amide bonds. The van der Waals surface area contributed by atoms with E-state index in [4.69, 9.17) is 5.11 Å². The van der Waals surface area contributed by atoms with Crippen molar-refractivity contribution in [1.82, 2.24) is 9.78 Å². The molecule has 6 nitrogen and oxygen atoms in total. The molecular formula is C18H23N3O3. The Bertz CT molecular complexity index is 793. The molecule has 1 atom stereocenters. The van der Waals surface area contributed by atoms with Gasteiger partial charge in [0.1, 0.15) is 0 Å². The lowest BCUT2D eigenvalue weighted by Crippen LogP contribution is -2.22. The van der Waals surface area contributed by atoms with Crippen molar-refractivity contribution < 1.29 is 14.7 Å². The number of anilines is 1. The number of amides is 1. The number of benzene rings is 1. The van der Waals surface area contributed by atoms with Gasteiger partial charge < -0.3 is 10.4 Å². The molecule has 0 saturated carbocycles. The maximum Gasteiger partial charge on any atom is 0.335 e. The summed E-state index contributed by atoms with van der Waals surface area (Å²) in [5, 5.41) is 16.3. The first kappa shape index (κ1) is 17.7. The van der Waals surface area contributed by atoms with Gasteiger partial charge in [-0.1, -0.05) is 6.92 Å². The molecule has 0 fully saturated rings. The number of aryl methyl sites for hydroxylation is 3. The fourth-order valence-corrected chi connectivity index (χ4v) is 2.76. The molecule has 24 heavy (non-hydrogen) atoms. The molecule has 6 heteroatoms. The van der Waals surface area contributed by atoms with E-state index in [1.54, 1.807) is 19.1 Å². The highest BCUT2D eigenvalue weighted by Crippen LogP contribution is 2.20. The Morgan fingerprint density at radius 2 is 1.96 bits per heavy atom. The third kappa shape index (κ3) is 3.64. The number of hydrogen-bond donors (Lipinski definition) is 2. The van der Waals surface area contributed by atoms with Crippen LogP contribution in [0.2, 0.25) is 0 Å². The number of carboxylic acid groups (broad SMARTS) is 1. The van der Waals surface area contributed by atoms with Crippen molar-refractivity contribution in [1.29, 1.82) is 0 Å². The first-order valence-corrected chi connectivity index (χ1v) is 7.84. The SMILES string of the molecule is Cc1cc(NC(=O)[C@@H](C)Cc2c(C)nn(C)c2C)ccc1C(=O)O. The van der Waals surface area contributed by atoms with E-state index in [1.807, 2.05) is 32.5 Å². The smallest absolute Gasteiger partial charge is 0.335 e. The van der Waals surface area contributed by atoms with E-state index in [0.717, 1.165) is 17.0 Å². The zero-order valence-corrected chi connectivity index (χ0v) is 14.7. The number of hydrogen-bond acceptors (Lipinski definition) is 3. The predicted molar refractivity (Wildman–Crippen MR) is 92.3 cm³/mol. The number of rotatable bonds is 5. The number of nitrogens with one attached hydrogen (secondary N) is 1. The van der Waals surface area contributed by atoms with Gasteiger partial charge in [-0.3, -0.25) is 9.48 Å². The molecule has 0 saturated heterocycles. The van der Waals surface area contributed by atoms with E-state index < -0.39 is 5.97 Å². The second kappa shape index (κ2) is 6.86. The highest BCUT2D eigenvalue weighted by atomic mass is 16.4. The van der Waals surface area contributed by atoms with Crippen molar-refractivity contribution in [2.75, 3.05) is 5.32 Å². The maximum atomic E-state index is 12.4. The monoisotopic (exact) mass is 329 g/mol. The minimum atomic E-state index is -0.971. The van der Waals surface area contributed by atoms with Crippen LogP contribution in [0.5, 0.6) is 0 Å². The zero-order valence-electron chi connectivity index (χ0n) is 14.7. The predicted octanol–water partition coefficient (Wildman–Crippen LogP) is 2.86. The van der Waals surface area contributed by atoms with Gasteiger partial charge in [-0.2, -0.15) is 5.10 Å². The highest BCUT2D eigenvalue weighted by molar-refractivity contribution is 5.94. The second-order valence-corrected chi connectivity index (χ2v) is 6.20. The van der Waals surface area contributed by atoms with E-state index in [0.29, 0.717) is 17.7 Å². The lowest BCUT2D eigenvalue weighted by atomic mass is 9.98. The van der Waals surface area contributed by atoms with E-state index in [1.165, 1.54) is 6.07 Å². The van der Waals surface area contributed by atoms with Crippen molar-refractivity contribution in [2.24, 2.45) is 13.0 Å². The molecule has 2 rings (SSSR count). The molecule has 2 N–H and O–H groups in total. The van der Waals surface area contributed by atoms with Crippen LogP contribution in [0, 0.1) is 26.7 Å². The Morgan fingerprint density at radius 3 is 2.46 bits per heavy atom. The summed E-state index contributed by atoms with van der Waals surface area (Å²) >= 11 is 0. The molecule has 0 spiro atoms. The topological polar surface area (TPSA) is 84.2 Å². The summed E-state index contributed by atoms with van der Waals surface area (Å²) in [7, 11) is 1.89. The molecule has 0 bridgehead atoms. The van der Waals surface area contributed by atoms with Crippen molar-refractivity contribution in [2.45, 2.75) is 34.1 Å². The van der Waals surface area contributed by atoms with Crippen molar-refractivity contribution in [3.05, 3.63) is 46.3 Å². The fourth-order valence-electron chi connectivity index (χ4n) is 2.76. The molecule has 0 aliphatic heterocycles. The van der Waals surface area contributed by atoms with Crippen LogP contribution in [-0.4, -0.2) is 26.8 Å². The maximum absolute atomic E-state index is 12.4. The van der Waals surface area contributed by atoms with Crippen LogP contribution in [0.3, 0.4) is 0 Å². The van der Waals surface area contributed by atoms with Gasteiger partial charge in [-0.05, 0) is 56.5 Å². The molecule has 1 heterocycles. The van der Waals surface area contributed by atoms with Gasteiger partial charge in [0.2, 0.25) is 5.91 Å². The number of carbonyl (C=O) groups is 2. The van der Waals surface area contributed by atoms with Gasteiger partial charge in [0, 0.05) is 24.3 Å². The van der Waals surface area contributed by atoms with E-state index in [2.05, 4.69) is 10.4 Å². The lowest BCUT2D eigenvalue weighted by molar-refractivity contribution is -0.119. The van der Waals surface area contributed by atoms with Crippen LogP contribution in [-0.2, 0) is 18.3 Å². The van der Waals surface area contributed by atoms with E-state index in [9.17, 15) is 9.59 Å². The first-order chi connectivity index (χ1) is 11.2. The summed E-state index contributed by atoms with van der Waals surface area (Å²) < 4.78 is 1.82.